The van der Waals surface area contributed by atoms with Crippen LogP contribution in [0.25, 0.3) is 0 Å². The van der Waals surface area contributed by atoms with Gasteiger partial charge in [-0.25, -0.2) is 4.68 Å². The van der Waals surface area contributed by atoms with E-state index in [0.29, 0.717) is 29.6 Å². The molecule has 1 heterocycles. The van der Waals surface area contributed by atoms with Crippen LogP contribution >= 0.6 is 15.9 Å². The zero-order valence-electron chi connectivity index (χ0n) is 12.8. The number of halogens is 1. The van der Waals surface area contributed by atoms with Crippen LogP contribution in [-0.4, -0.2) is 29.5 Å². The predicted molar refractivity (Wildman–Crippen MR) is 87.7 cm³/mol. The lowest BCUT2D eigenvalue weighted by Gasteiger charge is -2.32. The van der Waals surface area contributed by atoms with Crippen LogP contribution in [0.3, 0.4) is 0 Å². The molecule has 5 nitrogen and oxygen atoms in total. The van der Waals surface area contributed by atoms with Gasteiger partial charge in [-0.3, -0.25) is 4.79 Å². The summed E-state index contributed by atoms with van der Waals surface area (Å²) in [5.74, 6) is 0.682. The van der Waals surface area contributed by atoms with Gasteiger partial charge in [-0.05, 0) is 34.7 Å². The van der Waals surface area contributed by atoms with Gasteiger partial charge in [-0.15, -0.1) is 0 Å². The summed E-state index contributed by atoms with van der Waals surface area (Å²) in [6.45, 7) is 3.18. The van der Waals surface area contributed by atoms with Crippen molar-refractivity contribution in [1.29, 1.82) is 0 Å². The summed E-state index contributed by atoms with van der Waals surface area (Å²) in [5.41, 5.74) is 0.694. The van der Waals surface area contributed by atoms with Crippen LogP contribution in [0, 0.1) is 5.92 Å². The highest BCUT2D eigenvalue weighted by molar-refractivity contribution is 9.10. The molecule has 1 N–H and O–H groups in total. The van der Waals surface area contributed by atoms with Crippen LogP contribution < -0.4 is 10.9 Å². The van der Waals surface area contributed by atoms with Crippen LogP contribution in [0.15, 0.2) is 15.5 Å². The summed E-state index contributed by atoms with van der Waals surface area (Å²) in [6.07, 6.45) is 7.91. The van der Waals surface area contributed by atoms with Crippen molar-refractivity contribution in [2.45, 2.75) is 51.6 Å². The summed E-state index contributed by atoms with van der Waals surface area (Å²) < 4.78 is 6.98. The molecule has 1 aromatic rings. The Labute approximate surface area is 134 Å². The highest BCUT2D eigenvalue weighted by atomic mass is 79.9. The number of aromatic nitrogens is 2. The number of ether oxygens (including phenoxy) is 1. The van der Waals surface area contributed by atoms with Crippen molar-refractivity contribution in [2.75, 3.05) is 19.0 Å². The largest absolute Gasteiger partial charge is 0.383 e. The molecule has 2 unspecified atom stereocenters. The van der Waals surface area contributed by atoms with Crippen LogP contribution in [-0.2, 0) is 11.3 Å². The Morgan fingerprint density at radius 3 is 2.95 bits per heavy atom. The van der Waals surface area contributed by atoms with Crippen LogP contribution in [0.5, 0.6) is 0 Å². The summed E-state index contributed by atoms with van der Waals surface area (Å²) in [5, 5.41) is 7.74. The SMILES string of the molecule is CCC1CCCCC1Nc1cnn(CCOC)c(=O)c1Br. The molecule has 6 heteroatoms. The molecular weight excluding hydrogens is 334 g/mol. The van der Waals surface area contributed by atoms with E-state index in [0.717, 1.165) is 12.1 Å². The smallest absolute Gasteiger partial charge is 0.283 e. The summed E-state index contributed by atoms with van der Waals surface area (Å²) >= 11 is 3.41. The first-order valence-electron chi connectivity index (χ1n) is 7.68. The van der Waals surface area contributed by atoms with E-state index < -0.39 is 0 Å². The number of hydrogen-bond acceptors (Lipinski definition) is 4. The van der Waals surface area contributed by atoms with Gasteiger partial charge in [0.05, 0.1) is 25.0 Å². The highest BCUT2D eigenvalue weighted by Crippen LogP contribution is 2.30. The minimum atomic E-state index is -0.110. The topological polar surface area (TPSA) is 56.1 Å². The lowest BCUT2D eigenvalue weighted by atomic mass is 9.83. The van der Waals surface area contributed by atoms with Gasteiger partial charge >= 0.3 is 0 Å². The quantitative estimate of drug-likeness (QED) is 0.849. The average Bonchev–Trinajstić information content (AvgIpc) is 2.51. The first-order chi connectivity index (χ1) is 10.2. The average molecular weight is 358 g/mol. The molecule has 1 saturated carbocycles. The second-order valence-corrected chi connectivity index (χ2v) is 6.39. The maximum Gasteiger partial charge on any atom is 0.283 e. The number of anilines is 1. The van der Waals surface area contributed by atoms with Gasteiger partial charge < -0.3 is 10.1 Å². The number of methoxy groups -OCH3 is 1. The van der Waals surface area contributed by atoms with Gasteiger partial charge in [0, 0.05) is 13.2 Å². The van der Waals surface area contributed by atoms with E-state index in [-0.39, 0.29) is 5.56 Å². The Hall–Kier alpha value is -0.880. The Morgan fingerprint density at radius 2 is 2.24 bits per heavy atom. The van der Waals surface area contributed by atoms with Gasteiger partial charge in [0.25, 0.3) is 5.56 Å². The molecule has 2 atom stereocenters. The molecule has 2 rings (SSSR count). The molecule has 1 fully saturated rings. The Morgan fingerprint density at radius 1 is 1.48 bits per heavy atom. The normalized spacial score (nSPS) is 22.2. The van der Waals surface area contributed by atoms with Gasteiger partial charge in [0.15, 0.2) is 0 Å². The van der Waals surface area contributed by atoms with Crippen LogP contribution in [0.4, 0.5) is 5.69 Å². The predicted octanol–water partition coefficient (Wildman–Crippen LogP) is 3.03. The van der Waals surface area contributed by atoms with Crippen molar-refractivity contribution in [3.8, 4) is 0 Å². The van der Waals surface area contributed by atoms with Crippen molar-refractivity contribution >= 4 is 21.6 Å². The van der Waals surface area contributed by atoms with E-state index in [4.69, 9.17) is 4.74 Å². The summed E-state index contributed by atoms with van der Waals surface area (Å²) in [4.78, 5) is 12.2. The Kier molecular flexibility index (Phi) is 6.23. The van der Waals surface area contributed by atoms with Gasteiger partial charge in [-0.1, -0.05) is 26.2 Å². The third kappa shape index (κ3) is 4.07. The lowest BCUT2D eigenvalue weighted by molar-refractivity contribution is 0.181. The highest BCUT2D eigenvalue weighted by Gasteiger charge is 2.24. The van der Waals surface area contributed by atoms with E-state index in [1.807, 2.05) is 0 Å². The minimum Gasteiger partial charge on any atom is -0.383 e. The summed E-state index contributed by atoms with van der Waals surface area (Å²) in [7, 11) is 1.62. The molecule has 118 valence electrons. The zero-order valence-corrected chi connectivity index (χ0v) is 14.4. The molecule has 0 aliphatic heterocycles. The van der Waals surface area contributed by atoms with Gasteiger partial charge in [0.1, 0.15) is 4.47 Å². The lowest BCUT2D eigenvalue weighted by Crippen LogP contribution is -2.33. The maximum absolute atomic E-state index is 12.2. The number of nitrogens with one attached hydrogen (secondary N) is 1. The standard InChI is InChI=1S/C15H24BrN3O2/c1-3-11-6-4-5-7-12(11)18-13-10-17-19(8-9-21-2)15(20)14(13)16/h10-12,18H,3-9H2,1-2H3. The molecule has 0 radical (unpaired) electrons. The molecule has 1 aliphatic rings. The minimum absolute atomic E-state index is 0.110. The fourth-order valence-electron chi connectivity index (χ4n) is 2.99. The van der Waals surface area contributed by atoms with Crippen molar-refractivity contribution in [1.82, 2.24) is 9.78 Å². The van der Waals surface area contributed by atoms with Crippen molar-refractivity contribution in [2.24, 2.45) is 5.92 Å². The van der Waals surface area contributed by atoms with E-state index in [1.54, 1.807) is 13.3 Å². The molecule has 0 amide bonds. The molecule has 0 saturated heterocycles. The number of hydrogen-bond donors (Lipinski definition) is 1. The number of nitrogens with zero attached hydrogens (tertiary/aromatic N) is 2. The van der Waals surface area contributed by atoms with E-state index in [9.17, 15) is 4.79 Å². The Bertz CT molecular complexity index is 518. The van der Waals surface area contributed by atoms with Crippen molar-refractivity contribution in [3.63, 3.8) is 0 Å². The van der Waals surface area contributed by atoms with Crippen LogP contribution in [0.1, 0.15) is 39.0 Å². The second-order valence-electron chi connectivity index (χ2n) is 5.60. The van der Waals surface area contributed by atoms with E-state index in [1.165, 1.54) is 30.4 Å². The molecule has 1 aliphatic carbocycles. The first kappa shape index (κ1) is 16.5. The monoisotopic (exact) mass is 357 g/mol. The zero-order chi connectivity index (χ0) is 15.2. The van der Waals surface area contributed by atoms with E-state index >= 15 is 0 Å². The number of rotatable bonds is 6. The third-order valence-corrected chi connectivity index (χ3v) is 5.03. The molecule has 0 aromatic carbocycles. The fraction of sp³-hybridized carbons (Fsp3) is 0.733. The molecular formula is C15H24BrN3O2. The molecule has 0 bridgehead atoms. The van der Waals surface area contributed by atoms with Crippen molar-refractivity contribution in [3.05, 3.63) is 21.0 Å². The van der Waals surface area contributed by atoms with E-state index in [2.05, 4.69) is 33.3 Å². The maximum atomic E-state index is 12.2. The van der Waals surface area contributed by atoms with Crippen LogP contribution in [0.2, 0.25) is 0 Å². The second kappa shape index (κ2) is 7.94. The third-order valence-electron chi connectivity index (χ3n) is 4.27. The van der Waals surface area contributed by atoms with Gasteiger partial charge in [-0.2, -0.15) is 5.10 Å². The summed E-state index contributed by atoms with van der Waals surface area (Å²) in [6, 6.07) is 0.441. The van der Waals surface area contributed by atoms with Gasteiger partial charge in [0.2, 0.25) is 0 Å². The Balaban J connectivity index is 2.13. The molecule has 21 heavy (non-hydrogen) atoms. The molecule has 0 spiro atoms. The molecule has 1 aromatic heterocycles. The fourth-order valence-corrected chi connectivity index (χ4v) is 3.41. The first-order valence-corrected chi connectivity index (χ1v) is 8.47. The van der Waals surface area contributed by atoms with Crippen molar-refractivity contribution < 1.29 is 4.74 Å².